The number of aliphatic carboxylic acids is 1. The summed E-state index contributed by atoms with van der Waals surface area (Å²) in [4.78, 5) is 22.4. The number of terminal acetylenes is 1. The lowest BCUT2D eigenvalue weighted by Gasteiger charge is -2.19. The van der Waals surface area contributed by atoms with Crippen molar-refractivity contribution in [3.63, 3.8) is 0 Å². The maximum absolute atomic E-state index is 11.5. The number of hydrogen-bond acceptors (Lipinski definition) is 3. The van der Waals surface area contributed by atoms with Crippen LogP contribution in [-0.2, 0) is 9.59 Å². The molecule has 2 N–H and O–H groups in total. The number of hydrogen-bond donors (Lipinski definition) is 2. The quantitative estimate of drug-likeness (QED) is 0.682. The first-order valence-electron chi connectivity index (χ1n) is 4.99. The van der Waals surface area contributed by atoms with E-state index in [0.717, 1.165) is 11.8 Å². The standard InChI is InChI=1S/C11H17NO3S/c1-5-6-12-10(13)8(4)16-9(7(2)3)11(14)15/h1,7-9H,6H2,2-4H3,(H,12,13)(H,14,15). The Kier molecular flexibility index (Phi) is 6.66. The minimum atomic E-state index is -0.892. The average molecular weight is 243 g/mol. The largest absolute Gasteiger partial charge is 0.480 e. The number of carbonyl (C=O) groups is 2. The first-order chi connectivity index (χ1) is 7.40. The fraction of sp³-hybridized carbons (Fsp3) is 0.636. The molecule has 0 bridgehead atoms. The highest BCUT2D eigenvalue weighted by Crippen LogP contribution is 2.24. The second kappa shape index (κ2) is 7.18. The van der Waals surface area contributed by atoms with Gasteiger partial charge in [-0.25, -0.2) is 0 Å². The minimum Gasteiger partial charge on any atom is -0.480 e. The summed E-state index contributed by atoms with van der Waals surface area (Å²) in [6.45, 7) is 5.48. The third-order valence-corrected chi connectivity index (χ3v) is 3.60. The molecule has 0 aromatic rings. The molecule has 90 valence electrons. The minimum absolute atomic E-state index is 0.0228. The molecule has 0 aliphatic rings. The molecule has 0 rings (SSSR count). The maximum atomic E-state index is 11.5. The number of nitrogens with one attached hydrogen (secondary N) is 1. The zero-order chi connectivity index (χ0) is 12.7. The zero-order valence-electron chi connectivity index (χ0n) is 9.69. The molecule has 0 radical (unpaired) electrons. The molecule has 0 saturated heterocycles. The average Bonchev–Trinajstić information content (AvgIpc) is 2.20. The molecule has 1 amide bonds. The number of carbonyl (C=O) groups excluding carboxylic acids is 1. The van der Waals surface area contributed by atoms with Gasteiger partial charge in [-0.05, 0) is 12.8 Å². The molecule has 0 aliphatic heterocycles. The monoisotopic (exact) mass is 243 g/mol. The van der Waals surface area contributed by atoms with Crippen molar-refractivity contribution in [1.82, 2.24) is 5.32 Å². The summed E-state index contributed by atoms with van der Waals surface area (Å²) >= 11 is 1.14. The van der Waals surface area contributed by atoms with Gasteiger partial charge in [0, 0.05) is 0 Å². The van der Waals surface area contributed by atoms with E-state index in [1.54, 1.807) is 6.92 Å². The van der Waals surface area contributed by atoms with E-state index < -0.39 is 16.5 Å². The van der Waals surface area contributed by atoms with Crippen molar-refractivity contribution in [1.29, 1.82) is 0 Å². The number of amides is 1. The van der Waals surface area contributed by atoms with Gasteiger partial charge < -0.3 is 10.4 Å². The summed E-state index contributed by atoms with van der Waals surface area (Å²) in [6, 6.07) is 0. The van der Waals surface area contributed by atoms with Gasteiger partial charge in [-0.1, -0.05) is 19.8 Å². The highest BCUT2D eigenvalue weighted by molar-refractivity contribution is 8.01. The van der Waals surface area contributed by atoms with Crippen LogP contribution < -0.4 is 5.32 Å². The summed E-state index contributed by atoms with van der Waals surface area (Å²) in [7, 11) is 0. The van der Waals surface area contributed by atoms with E-state index >= 15 is 0 Å². The molecule has 4 nitrogen and oxygen atoms in total. The second-order valence-electron chi connectivity index (χ2n) is 3.70. The third kappa shape index (κ3) is 5.08. The fourth-order valence-electron chi connectivity index (χ4n) is 1.06. The van der Waals surface area contributed by atoms with E-state index in [-0.39, 0.29) is 18.4 Å². The van der Waals surface area contributed by atoms with Crippen LogP contribution in [0.1, 0.15) is 20.8 Å². The van der Waals surface area contributed by atoms with E-state index in [0.29, 0.717) is 0 Å². The number of rotatable bonds is 6. The molecule has 0 heterocycles. The Morgan fingerprint density at radius 3 is 2.38 bits per heavy atom. The van der Waals surface area contributed by atoms with Gasteiger partial charge in [0.15, 0.2) is 0 Å². The van der Waals surface area contributed by atoms with Crippen molar-refractivity contribution in [3.05, 3.63) is 0 Å². The number of thioether (sulfide) groups is 1. The van der Waals surface area contributed by atoms with Crippen molar-refractivity contribution in [3.8, 4) is 12.3 Å². The summed E-state index contributed by atoms with van der Waals surface area (Å²) in [6.07, 6.45) is 5.01. The van der Waals surface area contributed by atoms with Crippen LogP contribution in [0.2, 0.25) is 0 Å². The molecule has 0 aliphatic carbocycles. The van der Waals surface area contributed by atoms with Crippen LogP contribution in [0, 0.1) is 18.3 Å². The van der Waals surface area contributed by atoms with Crippen molar-refractivity contribution >= 4 is 23.6 Å². The Balaban J connectivity index is 4.30. The van der Waals surface area contributed by atoms with Gasteiger partial charge >= 0.3 is 5.97 Å². The molecular formula is C11H17NO3S. The predicted octanol–water partition coefficient (Wildman–Crippen LogP) is 0.967. The van der Waals surface area contributed by atoms with Gasteiger partial charge in [0.1, 0.15) is 5.25 Å². The Hall–Kier alpha value is -1.15. The van der Waals surface area contributed by atoms with Crippen LogP contribution in [0.15, 0.2) is 0 Å². The Labute approximate surface area is 100 Å². The SMILES string of the molecule is C#CCNC(=O)C(C)SC(C(=O)O)C(C)C. The van der Waals surface area contributed by atoms with Gasteiger partial charge in [0.05, 0.1) is 11.8 Å². The van der Waals surface area contributed by atoms with E-state index in [4.69, 9.17) is 11.5 Å². The van der Waals surface area contributed by atoms with Crippen LogP contribution >= 0.6 is 11.8 Å². The van der Waals surface area contributed by atoms with E-state index in [1.165, 1.54) is 0 Å². The number of carboxylic acids is 1. The first-order valence-corrected chi connectivity index (χ1v) is 5.93. The highest BCUT2D eigenvalue weighted by Gasteiger charge is 2.27. The van der Waals surface area contributed by atoms with E-state index in [9.17, 15) is 9.59 Å². The maximum Gasteiger partial charge on any atom is 0.316 e. The molecule has 0 saturated carbocycles. The van der Waals surface area contributed by atoms with Gasteiger partial charge in [0.25, 0.3) is 0 Å². The number of carboxylic acid groups (broad SMARTS) is 1. The van der Waals surface area contributed by atoms with Crippen molar-refractivity contribution in [2.75, 3.05) is 6.54 Å². The van der Waals surface area contributed by atoms with Crippen molar-refractivity contribution < 1.29 is 14.7 Å². The summed E-state index contributed by atoms with van der Waals surface area (Å²) in [5.74, 6) is 1.15. The summed E-state index contributed by atoms with van der Waals surface area (Å²) in [5, 5.41) is 10.5. The van der Waals surface area contributed by atoms with Crippen LogP contribution in [0.25, 0.3) is 0 Å². The Morgan fingerprint density at radius 1 is 1.44 bits per heavy atom. The van der Waals surface area contributed by atoms with Crippen LogP contribution in [-0.4, -0.2) is 34.0 Å². The molecule has 0 aromatic carbocycles. The Bertz CT molecular complexity index is 296. The van der Waals surface area contributed by atoms with Crippen LogP contribution in [0.3, 0.4) is 0 Å². The summed E-state index contributed by atoms with van der Waals surface area (Å²) < 4.78 is 0. The fourth-order valence-corrected chi connectivity index (χ4v) is 2.14. The van der Waals surface area contributed by atoms with Crippen molar-refractivity contribution in [2.45, 2.75) is 31.3 Å². The first kappa shape index (κ1) is 14.8. The predicted molar refractivity (Wildman–Crippen MR) is 65.2 cm³/mol. The molecule has 16 heavy (non-hydrogen) atoms. The molecule has 0 fully saturated rings. The Morgan fingerprint density at radius 2 is 2.00 bits per heavy atom. The van der Waals surface area contributed by atoms with Gasteiger partial charge in [0.2, 0.25) is 5.91 Å². The summed E-state index contributed by atoms with van der Waals surface area (Å²) in [5.41, 5.74) is 0. The van der Waals surface area contributed by atoms with Gasteiger partial charge in [-0.15, -0.1) is 18.2 Å². The topological polar surface area (TPSA) is 66.4 Å². The lowest BCUT2D eigenvalue weighted by molar-refractivity contribution is -0.137. The lowest BCUT2D eigenvalue weighted by Crippen LogP contribution is -2.34. The zero-order valence-corrected chi connectivity index (χ0v) is 10.5. The van der Waals surface area contributed by atoms with Gasteiger partial charge in [-0.3, -0.25) is 9.59 Å². The molecule has 2 unspecified atom stereocenters. The molecule has 2 atom stereocenters. The van der Waals surface area contributed by atoms with E-state index in [1.807, 2.05) is 13.8 Å². The third-order valence-electron chi connectivity index (χ3n) is 1.93. The molecular weight excluding hydrogens is 226 g/mol. The van der Waals surface area contributed by atoms with Gasteiger partial charge in [-0.2, -0.15) is 0 Å². The molecule has 5 heteroatoms. The smallest absolute Gasteiger partial charge is 0.316 e. The van der Waals surface area contributed by atoms with Crippen LogP contribution in [0.5, 0.6) is 0 Å². The van der Waals surface area contributed by atoms with Crippen LogP contribution in [0.4, 0.5) is 0 Å². The van der Waals surface area contributed by atoms with Crippen molar-refractivity contribution in [2.24, 2.45) is 5.92 Å². The lowest BCUT2D eigenvalue weighted by atomic mass is 10.1. The molecule has 0 aromatic heterocycles. The van der Waals surface area contributed by atoms with E-state index in [2.05, 4.69) is 11.2 Å². The second-order valence-corrected chi connectivity index (χ2v) is 5.19. The highest BCUT2D eigenvalue weighted by atomic mass is 32.2. The molecule has 0 spiro atoms. The normalized spacial score (nSPS) is 13.9.